The van der Waals surface area contributed by atoms with Crippen LogP contribution in [0.4, 0.5) is 5.82 Å². The van der Waals surface area contributed by atoms with Gasteiger partial charge in [-0.2, -0.15) is 11.8 Å². The van der Waals surface area contributed by atoms with Crippen LogP contribution in [-0.2, 0) is 6.42 Å². The molecular formula is C13H19N3OS. The van der Waals surface area contributed by atoms with Gasteiger partial charge in [-0.25, -0.2) is 4.98 Å². The maximum absolute atomic E-state index is 12.1. The van der Waals surface area contributed by atoms with Gasteiger partial charge in [0, 0.05) is 23.1 Å². The summed E-state index contributed by atoms with van der Waals surface area (Å²) in [6, 6.07) is 3.79. The van der Waals surface area contributed by atoms with Crippen molar-refractivity contribution >= 4 is 23.5 Å². The van der Waals surface area contributed by atoms with Gasteiger partial charge in [-0.05, 0) is 30.7 Å². The number of nitrogens with zero attached hydrogens (tertiary/aromatic N) is 1. The lowest BCUT2D eigenvalue weighted by molar-refractivity contribution is 0.0941. The molecule has 0 bridgehead atoms. The van der Waals surface area contributed by atoms with Crippen LogP contribution in [0.25, 0.3) is 0 Å². The molecule has 18 heavy (non-hydrogen) atoms. The summed E-state index contributed by atoms with van der Waals surface area (Å²) in [5, 5.41) is 3.05. The third-order valence-electron chi connectivity index (χ3n) is 2.93. The highest BCUT2D eigenvalue weighted by molar-refractivity contribution is 7.99. The van der Waals surface area contributed by atoms with Crippen molar-refractivity contribution in [3.05, 3.63) is 23.4 Å². The summed E-state index contributed by atoms with van der Waals surface area (Å²) < 4.78 is 0. The predicted molar refractivity (Wildman–Crippen MR) is 75.8 cm³/mol. The average Bonchev–Trinajstić information content (AvgIpc) is 2.81. The number of nitrogens with two attached hydrogens (primary N) is 1. The van der Waals surface area contributed by atoms with Crippen LogP contribution in [0.1, 0.15) is 35.8 Å². The van der Waals surface area contributed by atoms with Crippen molar-refractivity contribution < 1.29 is 4.79 Å². The molecule has 98 valence electrons. The number of carbonyl (C=O) groups is 1. The van der Waals surface area contributed by atoms with Crippen molar-refractivity contribution in [3.63, 3.8) is 0 Å². The van der Waals surface area contributed by atoms with Crippen LogP contribution in [0.5, 0.6) is 0 Å². The molecule has 4 nitrogen and oxygen atoms in total. The van der Waals surface area contributed by atoms with E-state index in [1.165, 1.54) is 0 Å². The van der Waals surface area contributed by atoms with E-state index in [9.17, 15) is 4.79 Å². The Morgan fingerprint density at radius 1 is 1.61 bits per heavy atom. The van der Waals surface area contributed by atoms with Crippen LogP contribution in [0.2, 0.25) is 0 Å². The summed E-state index contributed by atoms with van der Waals surface area (Å²) in [5.74, 6) is 2.53. The van der Waals surface area contributed by atoms with E-state index >= 15 is 0 Å². The summed E-state index contributed by atoms with van der Waals surface area (Å²) in [5.41, 5.74) is 7.26. The average molecular weight is 265 g/mol. The van der Waals surface area contributed by atoms with Gasteiger partial charge in [-0.15, -0.1) is 0 Å². The summed E-state index contributed by atoms with van der Waals surface area (Å²) in [6.45, 7) is 2.08. The van der Waals surface area contributed by atoms with E-state index in [0.29, 0.717) is 17.4 Å². The van der Waals surface area contributed by atoms with Gasteiger partial charge in [0.2, 0.25) is 0 Å². The third kappa shape index (κ3) is 3.38. The minimum Gasteiger partial charge on any atom is -0.384 e. The second kappa shape index (κ2) is 6.09. The summed E-state index contributed by atoms with van der Waals surface area (Å²) in [7, 11) is 0. The lowest BCUT2D eigenvalue weighted by Gasteiger charge is -2.12. The van der Waals surface area contributed by atoms with E-state index in [4.69, 9.17) is 5.73 Å². The molecule has 1 aliphatic heterocycles. The molecule has 2 rings (SSSR count). The molecule has 0 aromatic carbocycles. The van der Waals surface area contributed by atoms with E-state index < -0.39 is 0 Å². The van der Waals surface area contributed by atoms with Gasteiger partial charge in [-0.1, -0.05) is 13.3 Å². The topological polar surface area (TPSA) is 68.0 Å². The first-order chi connectivity index (χ1) is 8.69. The molecule has 1 amide bonds. The fourth-order valence-electron chi connectivity index (χ4n) is 2.04. The SMILES string of the molecule is CCCc1cc(C(=O)NC2CCSC2)cc(N)n1. The monoisotopic (exact) mass is 265 g/mol. The van der Waals surface area contributed by atoms with E-state index in [1.807, 2.05) is 17.8 Å². The molecule has 0 spiro atoms. The van der Waals surface area contributed by atoms with Gasteiger partial charge in [0.05, 0.1) is 0 Å². The zero-order valence-corrected chi connectivity index (χ0v) is 11.4. The van der Waals surface area contributed by atoms with E-state index in [1.54, 1.807) is 6.07 Å². The molecule has 1 aliphatic rings. The molecule has 5 heteroatoms. The van der Waals surface area contributed by atoms with Crippen molar-refractivity contribution in [2.75, 3.05) is 17.2 Å². The van der Waals surface area contributed by atoms with Gasteiger partial charge in [0.1, 0.15) is 5.82 Å². The molecular weight excluding hydrogens is 246 g/mol. The van der Waals surface area contributed by atoms with Crippen molar-refractivity contribution in [1.29, 1.82) is 0 Å². The molecule has 1 saturated heterocycles. The van der Waals surface area contributed by atoms with E-state index in [2.05, 4.69) is 17.2 Å². The Morgan fingerprint density at radius 3 is 3.11 bits per heavy atom. The van der Waals surface area contributed by atoms with Gasteiger partial charge in [0.25, 0.3) is 5.91 Å². The Morgan fingerprint density at radius 2 is 2.44 bits per heavy atom. The molecule has 1 fully saturated rings. The lowest BCUT2D eigenvalue weighted by atomic mass is 10.1. The van der Waals surface area contributed by atoms with Crippen LogP contribution >= 0.6 is 11.8 Å². The minimum atomic E-state index is -0.0334. The number of hydrogen-bond acceptors (Lipinski definition) is 4. The van der Waals surface area contributed by atoms with Crippen molar-refractivity contribution in [1.82, 2.24) is 10.3 Å². The van der Waals surface area contributed by atoms with Crippen LogP contribution in [0.15, 0.2) is 12.1 Å². The molecule has 3 N–H and O–H groups in total. The molecule has 1 aromatic rings. The first kappa shape index (κ1) is 13.2. The van der Waals surface area contributed by atoms with Crippen molar-refractivity contribution in [3.8, 4) is 0 Å². The van der Waals surface area contributed by atoms with Crippen LogP contribution in [-0.4, -0.2) is 28.4 Å². The van der Waals surface area contributed by atoms with Gasteiger partial charge in [-0.3, -0.25) is 4.79 Å². The molecule has 1 unspecified atom stereocenters. The van der Waals surface area contributed by atoms with Crippen LogP contribution in [0.3, 0.4) is 0 Å². The summed E-state index contributed by atoms with van der Waals surface area (Å²) in [4.78, 5) is 16.3. The highest BCUT2D eigenvalue weighted by Gasteiger charge is 2.18. The zero-order valence-electron chi connectivity index (χ0n) is 10.6. The quantitative estimate of drug-likeness (QED) is 0.872. The maximum atomic E-state index is 12.1. The van der Waals surface area contributed by atoms with Crippen molar-refractivity contribution in [2.45, 2.75) is 32.2 Å². The number of nitrogen functional groups attached to an aromatic ring is 1. The molecule has 2 heterocycles. The van der Waals surface area contributed by atoms with Crippen molar-refractivity contribution in [2.24, 2.45) is 0 Å². The highest BCUT2D eigenvalue weighted by atomic mass is 32.2. The van der Waals surface area contributed by atoms with Crippen LogP contribution < -0.4 is 11.1 Å². The number of rotatable bonds is 4. The maximum Gasteiger partial charge on any atom is 0.251 e. The highest BCUT2D eigenvalue weighted by Crippen LogP contribution is 2.18. The standard InChI is InChI=1S/C13H19N3OS/c1-2-3-10-6-9(7-12(14)15-10)13(17)16-11-4-5-18-8-11/h6-7,11H,2-5,8H2,1H3,(H2,14,15)(H,16,17). The second-order valence-electron chi connectivity index (χ2n) is 4.56. The Balaban J connectivity index is 2.08. The van der Waals surface area contributed by atoms with Gasteiger partial charge < -0.3 is 11.1 Å². The molecule has 1 aromatic heterocycles. The number of pyridine rings is 1. The van der Waals surface area contributed by atoms with Gasteiger partial charge >= 0.3 is 0 Å². The second-order valence-corrected chi connectivity index (χ2v) is 5.71. The number of aromatic nitrogens is 1. The zero-order chi connectivity index (χ0) is 13.0. The minimum absolute atomic E-state index is 0.0334. The Bertz CT molecular complexity index is 430. The Kier molecular flexibility index (Phi) is 4.47. The fraction of sp³-hybridized carbons (Fsp3) is 0.538. The number of thioether (sulfide) groups is 1. The fourth-order valence-corrected chi connectivity index (χ4v) is 3.20. The lowest BCUT2D eigenvalue weighted by Crippen LogP contribution is -2.34. The predicted octanol–water partition coefficient (Wildman–Crippen LogP) is 1.85. The summed E-state index contributed by atoms with van der Waals surface area (Å²) >= 11 is 1.88. The molecule has 0 radical (unpaired) electrons. The first-order valence-corrected chi connectivity index (χ1v) is 7.49. The Labute approximate surface area is 112 Å². The Hall–Kier alpha value is -1.23. The van der Waals surface area contributed by atoms with E-state index in [-0.39, 0.29) is 5.91 Å². The number of aryl methyl sites for hydroxylation is 1. The number of hydrogen-bond donors (Lipinski definition) is 2. The first-order valence-electron chi connectivity index (χ1n) is 6.34. The summed E-state index contributed by atoms with van der Waals surface area (Å²) in [6.07, 6.45) is 2.90. The number of amides is 1. The molecule has 1 atom stereocenters. The largest absolute Gasteiger partial charge is 0.384 e. The van der Waals surface area contributed by atoms with Gasteiger partial charge in [0.15, 0.2) is 0 Å². The molecule has 0 aliphatic carbocycles. The third-order valence-corrected chi connectivity index (χ3v) is 4.09. The van der Waals surface area contributed by atoms with Crippen LogP contribution in [0, 0.1) is 0 Å². The molecule has 0 saturated carbocycles. The van der Waals surface area contributed by atoms with E-state index in [0.717, 1.165) is 36.5 Å². The normalized spacial score (nSPS) is 18.8. The number of carbonyl (C=O) groups excluding carboxylic acids is 1. The number of anilines is 1. The number of nitrogens with one attached hydrogen (secondary N) is 1. The smallest absolute Gasteiger partial charge is 0.251 e.